The van der Waals surface area contributed by atoms with Gasteiger partial charge in [-0.25, -0.2) is 0 Å². The number of fused-ring (bicyclic) bond motifs is 1. The number of amidine groups is 1. The van der Waals surface area contributed by atoms with E-state index in [1.165, 1.54) is 12.8 Å². The summed E-state index contributed by atoms with van der Waals surface area (Å²) >= 11 is 0. The molecule has 0 aromatic heterocycles. The van der Waals surface area contributed by atoms with Crippen molar-refractivity contribution in [1.82, 2.24) is 5.32 Å². The largest absolute Gasteiger partial charge is 0.511 e. The van der Waals surface area contributed by atoms with Crippen molar-refractivity contribution < 1.29 is 9.90 Å². The molecule has 2 atom stereocenters. The molecule has 104 valence electrons. The van der Waals surface area contributed by atoms with E-state index in [9.17, 15) is 9.90 Å². The van der Waals surface area contributed by atoms with E-state index in [-0.39, 0.29) is 17.0 Å². The molecular weight excluding hydrogens is 240 g/mol. The number of carbonyl (C=O) groups excluding carboxylic acids is 1. The van der Waals surface area contributed by atoms with Gasteiger partial charge in [0.25, 0.3) is 0 Å². The first-order valence-electron chi connectivity index (χ1n) is 7.26. The van der Waals surface area contributed by atoms with Gasteiger partial charge in [-0.15, -0.1) is 0 Å². The number of nitrogens with zero attached hydrogens (tertiary/aromatic N) is 1. The van der Waals surface area contributed by atoms with Crippen molar-refractivity contribution in [3.8, 4) is 0 Å². The Hall–Kier alpha value is -1.32. The van der Waals surface area contributed by atoms with Crippen LogP contribution in [0, 0.1) is 5.41 Å². The molecule has 19 heavy (non-hydrogen) atoms. The van der Waals surface area contributed by atoms with E-state index >= 15 is 0 Å². The molecule has 1 heterocycles. The molecule has 3 rings (SSSR count). The van der Waals surface area contributed by atoms with Crippen LogP contribution in [0.2, 0.25) is 0 Å². The summed E-state index contributed by atoms with van der Waals surface area (Å²) in [4.78, 5) is 16.9. The van der Waals surface area contributed by atoms with Crippen molar-refractivity contribution in [2.75, 3.05) is 0 Å². The third-order valence-electron chi connectivity index (χ3n) is 4.44. The third-order valence-corrected chi connectivity index (χ3v) is 4.44. The molecule has 0 radical (unpaired) electrons. The van der Waals surface area contributed by atoms with Crippen molar-refractivity contribution in [3.63, 3.8) is 0 Å². The van der Waals surface area contributed by atoms with Crippen LogP contribution in [0.1, 0.15) is 52.4 Å². The highest BCUT2D eigenvalue weighted by Crippen LogP contribution is 2.37. The highest BCUT2D eigenvalue weighted by Gasteiger charge is 2.39. The van der Waals surface area contributed by atoms with E-state index in [1.807, 2.05) is 13.8 Å². The number of ketones is 1. The van der Waals surface area contributed by atoms with E-state index < -0.39 is 0 Å². The second kappa shape index (κ2) is 4.36. The van der Waals surface area contributed by atoms with Crippen molar-refractivity contribution >= 4 is 11.6 Å². The quantitative estimate of drug-likeness (QED) is 0.763. The van der Waals surface area contributed by atoms with Crippen LogP contribution >= 0.6 is 0 Å². The Morgan fingerprint density at radius 2 is 2.00 bits per heavy atom. The predicted octanol–water partition coefficient (Wildman–Crippen LogP) is 2.50. The molecule has 0 aromatic rings. The Morgan fingerprint density at radius 3 is 2.68 bits per heavy atom. The molecule has 0 amide bonds. The minimum atomic E-state index is -0.142. The molecule has 2 aliphatic carbocycles. The number of carbonyl (C=O) groups is 1. The Morgan fingerprint density at radius 1 is 1.26 bits per heavy atom. The first-order valence-corrected chi connectivity index (χ1v) is 7.26. The zero-order valence-corrected chi connectivity index (χ0v) is 11.7. The van der Waals surface area contributed by atoms with Gasteiger partial charge in [0.05, 0.1) is 11.6 Å². The molecule has 0 spiro atoms. The lowest BCUT2D eigenvalue weighted by molar-refractivity contribution is -0.117. The van der Waals surface area contributed by atoms with Crippen molar-refractivity contribution in [2.45, 2.75) is 64.5 Å². The lowest BCUT2D eigenvalue weighted by atomic mass is 9.76. The molecule has 0 unspecified atom stereocenters. The van der Waals surface area contributed by atoms with Gasteiger partial charge in [-0.1, -0.05) is 26.7 Å². The summed E-state index contributed by atoms with van der Waals surface area (Å²) < 4.78 is 0. The van der Waals surface area contributed by atoms with Crippen LogP contribution in [0.3, 0.4) is 0 Å². The van der Waals surface area contributed by atoms with Gasteiger partial charge in [0.1, 0.15) is 11.6 Å². The molecule has 1 aliphatic heterocycles. The van der Waals surface area contributed by atoms with Crippen molar-refractivity contribution in [2.24, 2.45) is 10.4 Å². The van der Waals surface area contributed by atoms with Gasteiger partial charge >= 0.3 is 0 Å². The average molecular weight is 262 g/mol. The number of hydrogen-bond acceptors (Lipinski definition) is 4. The molecular formula is C15H22N2O2. The zero-order valence-electron chi connectivity index (χ0n) is 11.7. The van der Waals surface area contributed by atoms with Crippen LogP contribution in [-0.4, -0.2) is 28.8 Å². The SMILES string of the molecule is CC1(C)CC(=O)C(C2=N[C@H]3CCCC[C@@H]3N2)=C(O)C1. The Labute approximate surface area is 114 Å². The Balaban J connectivity index is 1.88. The number of aliphatic imine (C=N–C) groups is 1. The number of hydrogen-bond donors (Lipinski definition) is 2. The van der Waals surface area contributed by atoms with Crippen LogP contribution in [0.15, 0.2) is 16.3 Å². The lowest BCUT2D eigenvalue weighted by Crippen LogP contribution is -2.39. The summed E-state index contributed by atoms with van der Waals surface area (Å²) in [7, 11) is 0. The van der Waals surface area contributed by atoms with Gasteiger partial charge in [-0.2, -0.15) is 0 Å². The van der Waals surface area contributed by atoms with Gasteiger partial charge in [-0.05, 0) is 18.3 Å². The maximum Gasteiger partial charge on any atom is 0.170 e. The maximum absolute atomic E-state index is 12.3. The molecule has 0 bridgehead atoms. The summed E-state index contributed by atoms with van der Waals surface area (Å²) in [5.74, 6) is 0.889. The first kappa shape index (κ1) is 12.7. The summed E-state index contributed by atoms with van der Waals surface area (Å²) in [6.45, 7) is 4.03. The van der Waals surface area contributed by atoms with E-state index in [1.54, 1.807) is 0 Å². The topological polar surface area (TPSA) is 61.7 Å². The maximum atomic E-state index is 12.3. The summed E-state index contributed by atoms with van der Waals surface area (Å²) in [6, 6.07) is 0.665. The van der Waals surface area contributed by atoms with Crippen LogP contribution < -0.4 is 5.32 Å². The number of allylic oxidation sites excluding steroid dienone is 1. The molecule has 0 saturated heterocycles. The van der Waals surface area contributed by atoms with Gasteiger partial charge < -0.3 is 10.4 Å². The van der Waals surface area contributed by atoms with E-state index in [0.29, 0.717) is 36.3 Å². The number of rotatable bonds is 1. The normalized spacial score (nSPS) is 33.8. The molecule has 4 nitrogen and oxygen atoms in total. The second-order valence-electron chi connectivity index (χ2n) is 6.84. The molecule has 3 aliphatic rings. The van der Waals surface area contributed by atoms with Crippen LogP contribution in [0.4, 0.5) is 0 Å². The molecule has 4 heteroatoms. The fourth-order valence-corrected chi connectivity index (χ4v) is 3.51. The zero-order chi connectivity index (χ0) is 13.6. The first-order chi connectivity index (χ1) is 8.96. The van der Waals surface area contributed by atoms with E-state index in [0.717, 1.165) is 12.8 Å². The smallest absolute Gasteiger partial charge is 0.170 e. The van der Waals surface area contributed by atoms with Crippen LogP contribution in [0.25, 0.3) is 0 Å². The van der Waals surface area contributed by atoms with E-state index in [4.69, 9.17) is 0 Å². The highest BCUT2D eigenvalue weighted by atomic mass is 16.3. The second-order valence-corrected chi connectivity index (χ2v) is 6.84. The molecule has 1 fully saturated rings. The van der Waals surface area contributed by atoms with E-state index in [2.05, 4.69) is 10.3 Å². The summed E-state index contributed by atoms with van der Waals surface area (Å²) in [5.41, 5.74) is 0.310. The minimum absolute atomic E-state index is 0.0265. The fourth-order valence-electron chi connectivity index (χ4n) is 3.51. The monoisotopic (exact) mass is 262 g/mol. The van der Waals surface area contributed by atoms with Gasteiger partial charge in [0.15, 0.2) is 5.78 Å². The number of aliphatic hydroxyl groups is 1. The van der Waals surface area contributed by atoms with Crippen LogP contribution in [-0.2, 0) is 4.79 Å². The molecule has 1 saturated carbocycles. The van der Waals surface area contributed by atoms with Crippen molar-refractivity contribution in [1.29, 1.82) is 0 Å². The summed E-state index contributed by atoms with van der Waals surface area (Å²) in [5, 5.41) is 13.6. The van der Waals surface area contributed by atoms with Gasteiger partial charge in [-0.3, -0.25) is 9.79 Å². The fraction of sp³-hybridized carbons (Fsp3) is 0.733. The Kier molecular flexibility index (Phi) is 2.91. The highest BCUT2D eigenvalue weighted by molar-refractivity contribution is 6.23. The number of nitrogens with one attached hydrogen (secondary N) is 1. The average Bonchev–Trinajstić information content (AvgIpc) is 2.68. The van der Waals surface area contributed by atoms with Crippen LogP contribution in [0.5, 0.6) is 0 Å². The van der Waals surface area contributed by atoms with Crippen molar-refractivity contribution in [3.05, 3.63) is 11.3 Å². The molecule has 2 N–H and O–H groups in total. The standard InChI is InChI=1S/C15H22N2O2/c1-15(2)7-11(18)13(12(19)8-15)14-16-9-5-3-4-6-10(9)17-14/h9-10,18H,3-8H2,1-2H3,(H,16,17)/t9-,10-/m0/s1. The predicted molar refractivity (Wildman–Crippen MR) is 74.3 cm³/mol. The van der Waals surface area contributed by atoms with Gasteiger partial charge in [0.2, 0.25) is 0 Å². The lowest BCUT2D eigenvalue weighted by Gasteiger charge is -2.29. The number of Topliss-reactive ketones (excluding diaryl/α,β-unsaturated/α-hetero) is 1. The number of aliphatic hydroxyl groups excluding tert-OH is 1. The Bertz CT molecular complexity index is 477. The third kappa shape index (κ3) is 2.28. The molecule has 0 aromatic carbocycles. The van der Waals surface area contributed by atoms with Gasteiger partial charge in [0, 0.05) is 18.9 Å². The summed E-state index contributed by atoms with van der Waals surface area (Å²) in [6.07, 6.45) is 5.70. The minimum Gasteiger partial charge on any atom is -0.511 e.